The number of fused-ring (bicyclic) bond motifs is 1. The van der Waals surface area contributed by atoms with Gasteiger partial charge in [0, 0.05) is 6.04 Å². The molecule has 1 heterocycles. The molecule has 3 nitrogen and oxygen atoms in total. The molecule has 0 bridgehead atoms. The molecule has 1 aromatic heterocycles. The average Bonchev–Trinajstić information content (AvgIpc) is 2.89. The largest absolute Gasteiger partial charge is 0.341 e. The van der Waals surface area contributed by atoms with E-state index in [1.165, 1.54) is 5.56 Å². The zero-order valence-corrected chi connectivity index (χ0v) is 11.6. The van der Waals surface area contributed by atoms with Crippen molar-refractivity contribution >= 4 is 11.0 Å². The molecular formula is C17H19N3. The average molecular weight is 265 g/mol. The lowest BCUT2D eigenvalue weighted by Gasteiger charge is -2.12. The topological polar surface area (TPSA) is 40.7 Å². The number of H-pyrrole nitrogens is 1. The van der Waals surface area contributed by atoms with Crippen molar-refractivity contribution in [1.82, 2.24) is 15.3 Å². The van der Waals surface area contributed by atoms with E-state index >= 15 is 0 Å². The molecule has 2 N–H and O–H groups in total. The zero-order chi connectivity index (χ0) is 13.8. The standard InChI is InChI=1S/C17H19N3/c1-13(11-14-7-3-2-4-8-14)18-12-17-19-15-9-5-6-10-16(15)20-17/h2-10,13,18H,11-12H2,1H3,(H,19,20). The van der Waals surface area contributed by atoms with Crippen LogP contribution in [-0.2, 0) is 13.0 Å². The second kappa shape index (κ2) is 5.88. The molecule has 1 atom stereocenters. The van der Waals surface area contributed by atoms with Gasteiger partial charge in [0.15, 0.2) is 0 Å². The molecule has 2 aromatic carbocycles. The third-order valence-electron chi connectivity index (χ3n) is 3.44. The molecule has 0 fully saturated rings. The van der Waals surface area contributed by atoms with Gasteiger partial charge in [0.25, 0.3) is 0 Å². The highest BCUT2D eigenvalue weighted by Crippen LogP contribution is 2.10. The van der Waals surface area contributed by atoms with E-state index in [9.17, 15) is 0 Å². The summed E-state index contributed by atoms with van der Waals surface area (Å²) in [6.45, 7) is 2.97. The predicted molar refractivity (Wildman–Crippen MR) is 82.5 cm³/mol. The van der Waals surface area contributed by atoms with E-state index < -0.39 is 0 Å². The fraction of sp³-hybridized carbons (Fsp3) is 0.235. The normalized spacial score (nSPS) is 12.7. The SMILES string of the molecule is CC(Cc1ccccc1)NCc1nc2ccccc2[nH]1. The summed E-state index contributed by atoms with van der Waals surface area (Å²) >= 11 is 0. The maximum atomic E-state index is 4.57. The predicted octanol–water partition coefficient (Wildman–Crippen LogP) is 3.28. The number of aromatic nitrogens is 2. The summed E-state index contributed by atoms with van der Waals surface area (Å²) in [5.74, 6) is 0.992. The molecule has 3 heteroatoms. The first-order valence-corrected chi connectivity index (χ1v) is 7.02. The molecular weight excluding hydrogens is 246 g/mol. The molecule has 3 rings (SSSR count). The Hall–Kier alpha value is -2.13. The highest BCUT2D eigenvalue weighted by atomic mass is 15.0. The molecule has 1 unspecified atom stereocenters. The molecule has 0 saturated carbocycles. The quantitative estimate of drug-likeness (QED) is 0.743. The Morgan fingerprint density at radius 3 is 2.60 bits per heavy atom. The van der Waals surface area contributed by atoms with Crippen molar-refractivity contribution in [3.63, 3.8) is 0 Å². The van der Waals surface area contributed by atoms with Crippen LogP contribution in [0.25, 0.3) is 11.0 Å². The number of aromatic amines is 1. The minimum Gasteiger partial charge on any atom is -0.341 e. The van der Waals surface area contributed by atoms with E-state index in [-0.39, 0.29) is 0 Å². The maximum absolute atomic E-state index is 4.57. The van der Waals surface area contributed by atoms with Gasteiger partial charge < -0.3 is 10.3 Å². The summed E-state index contributed by atoms with van der Waals surface area (Å²) in [7, 11) is 0. The van der Waals surface area contributed by atoms with Crippen LogP contribution < -0.4 is 5.32 Å². The van der Waals surface area contributed by atoms with Crippen LogP contribution in [0.4, 0.5) is 0 Å². The number of imidazole rings is 1. The minimum atomic E-state index is 0.422. The van der Waals surface area contributed by atoms with E-state index in [1.807, 2.05) is 18.2 Å². The summed E-state index contributed by atoms with van der Waals surface area (Å²) < 4.78 is 0. The fourth-order valence-electron chi connectivity index (χ4n) is 2.40. The van der Waals surface area contributed by atoms with Crippen molar-refractivity contribution in [3.05, 3.63) is 66.0 Å². The molecule has 0 saturated heterocycles. The molecule has 102 valence electrons. The third-order valence-corrected chi connectivity index (χ3v) is 3.44. The van der Waals surface area contributed by atoms with E-state index in [2.05, 4.69) is 58.6 Å². The van der Waals surface area contributed by atoms with E-state index in [1.54, 1.807) is 0 Å². The second-order valence-corrected chi connectivity index (χ2v) is 5.17. The van der Waals surface area contributed by atoms with Crippen molar-refractivity contribution in [3.8, 4) is 0 Å². The Kier molecular flexibility index (Phi) is 3.79. The first-order chi connectivity index (χ1) is 9.81. The summed E-state index contributed by atoms with van der Waals surface area (Å²) in [4.78, 5) is 7.91. The van der Waals surface area contributed by atoms with Gasteiger partial charge in [0.1, 0.15) is 5.82 Å². The fourth-order valence-corrected chi connectivity index (χ4v) is 2.40. The summed E-state index contributed by atoms with van der Waals surface area (Å²) in [5, 5.41) is 3.51. The van der Waals surface area contributed by atoms with E-state index in [0.717, 1.165) is 29.8 Å². The van der Waals surface area contributed by atoms with Crippen LogP contribution in [0, 0.1) is 0 Å². The first kappa shape index (κ1) is 12.9. The lowest BCUT2D eigenvalue weighted by atomic mass is 10.1. The third kappa shape index (κ3) is 3.06. The highest BCUT2D eigenvalue weighted by molar-refractivity contribution is 5.74. The molecule has 0 amide bonds. The van der Waals surface area contributed by atoms with E-state index in [0.29, 0.717) is 6.04 Å². The lowest BCUT2D eigenvalue weighted by molar-refractivity contribution is 0.536. The van der Waals surface area contributed by atoms with Crippen molar-refractivity contribution in [2.24, 2.45) is 0 Å². The van der Waals surface area contributed by atoms with Crippen LogP contribution in [0.3, 0.4) is 0 Å². The van der Waals surface area contributed by atoms with Crippen LogP contribution in [0.1, 0.15) is 18.3 Å². The van der Waals surface area contributed by atoms with Gasteiger partial charge in [-0.2, -0.15) is 0 Å². The van der Waals surface area contributed by atoms with Crippen LogP contribution in [0.15, 0.2) is 54.6 Å². The minimum absolute atomic E-state index is 0.422. The van der Waals surface area contributed by atoms with Crippen LogP contribution in [0.2, 0.25) is 0 Å². The molecule has 0 aliphatic rings. The van der Waals surface area contributed by atoms with Gasteiger partial charge in [-0.1, -0.05) is 42.5 Å². The lowest BCUT2D eigenvalue weighted by Crippen LogP contribution is -2.27. The Bertz CT molecular complexity index is 640. The highest BCUT2D eigenvalue weighted by Gasteiger charge is 2.05. The molecule has 0 aliphatic heterocycles. The Balaban J connectivity index is 1.58. The van der Waals surface area contributed by atoms with E-state index in [4.69, 9.17) is 0 Å². The van der Waals surface area contributed by atoms with Crippen molar-refractivity contribution in [2.75, 3.05) is 0 Å². The first-order valence-electron chi connectivity index (χ1n) is 7.02. The van der Waals surface area contributed by atoms with Crippen LogP contribution in [-0.4, -0.2) is 16.0 Å². The zero-order valence-electron chi connectivity index (χ0n) is 11.6. The maximum Gasteiger partial charge on any atom is 0.121 e. The summed E-state index contributed by atoms with van der Waals surface area (Å²) in [6, 6.07) is 19.1. The van der Waals surface area contributed by atoms with Gasteiger partial charge in [-0.25, -0.2) is 4.98 Å². The smallest absolute Gasteiger partial charge is 0.121 e. The molecule has 0 aliphatic carbocycles. The van der Waals surface area contributed by atoms with Gasteiger partial charge in [-0.15, -0.1) is 0 Å². The Morgan fingerprint density at radius 2 is 1.80 bits per heavy atom. The number of nitrogens with zero attached hydrogens (tertiary/aromatic N) is 1. The number of rotatable bonds is 5. The Labute approximate surface area is 119 Å². The van der Waals surface area contributed by atoms with Gasteiger partial charge in [-0.3, -0.25) is 0 Å². The molecule has 0 radical (unpaired) electrons. The van der Waals surface area contributed by atoms with Gasteiger partial charge in [0.2, 0.25) is 0 Å². The van der Waals surface area contributed by atoms with Crippen molar-refractivity contribution in [1.29, 1.82) is 0 Å². The Morgan fingerprint density at radius 1 is 1.05 bits per heavy atom. The van der Waals surface area contributed by atoms with Crippen molar-refractivity contribution < 1.29 is 0 Å². The van der Waals surface area contributed by atoms with Gasteiger partial charge >= 0.3 is 0 Å². The van der Waals surface area contributed by atoms with Gasteiger partial charge in [-0.05, 0) is 31.0 Å². The van der Waals surface area contributed by atoms with Crippen LogP contribution in [0.5, 0.6) is 0 Å². The number of para-hydroxylation sites is 2. The second-order valence-electron chi connectivity index (χ2n) is 5.17. The van der Waals surface area contributed by atoms with Gasteiger partial charge in [0.05, 0.1) is 17.6 Å². The summed E-state index contributed by atoms with van der Waals surface area (Å²) in [5.41, 5.74) is 3.48. The molecule has 0 spiro atoms. The van der Waals surface area contributed by atoms with Crippen LogP contribution >= 0.6 is 0 Å². The summed E-state index contributed by atoms with van der Waals surface area (Å²) in [6.07, 6.45) is 1.03. The number of benzene rings is 2. The monoisotopic (exact) mass is 265 g/mol. The number of hydrogen-bond donors (Lipinski definition) is 2. The molecule has 3 aromatic rings. The number of hydrogen-bond acceptors (Lipinski definition) is 2. The molecule has 20 heavy (non-hydrogen) atoms. The van der Waals surface area contributed by atoms with Crippen molar-refractivity contribution in [2.45, 2.75) is 25.9 Å². The number of nitrogens with one attached hydrogen (secondary N) is 2.